The largest absolute Gasteiger partial charge is 0.506 e. The summed E-state index contributed by atoms with van der Waals surface area (Å²) in [5.41, 5.74) is 3.37. The second-order valence-corrected chi connectivity index (χ2v) is 8.33. The van der Waals surface area contributed by atoms with Crippen molar-refractivity contribution in [3.05, 3.63) is 42.0 Å². The third kappa shape index (κ3) is 6.98. The molecule has 0 fully saturated rings. The average molecular weight is 424 g/mol. The van der Waals surface area contributed by atoms with Crippen LogP contribution in [0.3, 0.4) is 0 Å². The highest BCUT2D eigenvalue weighted by molar-refractivity contribution is 5.75. The third-order valence-electron chi connectivity index (χ3n) is 5.74. The summed E-state index contributed by atoms with van der Waals surface area (Å²) in [6.45, 7) is 4.84. The molecule has 1 aromatic heterocycles. The van der Waals surface area contributed by atoms with Crippen LogP contribution in [0.15, 0.2) is 36.4 Å². The molecule has 0 aliphatic carbocycles. The minimum absolute atomic E-state index is 0.192. The zero-order valence-corrected chi connectivity index (χ0v) is 19.1. The molecular formula is C26H37N3O2. The summed E-state index contributed by atoms with van der Waals surface area (Å²) in [6.07, 6.45) is 14.4. The molecule has 0 saturated carbocycles. The molecule has 0 spiro atoms. The lowest BCUT2D eigenvalue weighted by Gasteiger charge is -2.07. The van der Waals surface area contributed by atoms with Crippen molar-refractivity contribution in [2.24, 2.45) is 0 Å². The number of fused-ring (bicyclic) bond motifs is 1. The smallest absolute Gasteiger partial charge is 0.143 e. The van der Waals surface area contributed by atoms with Crippen molar-refractivity contribution in [2.45, 2.75) is 84.5 Å². The van der Waals surface area contributed by atoms with Gasteiger partial charge in [0.15, 0.2) is 0 Å². The van der Waals surface area contributed by atoms with Crippen LogP contribution >= 0.6 is 0 Å². The molecule has 0 amide bonds. The summed E-state index contributed by atoms with van der Waals surface area (Å²) in [5, 5.41) is 19.5. The van der Waals surface area contributed by atoms with E-state index in [9.17, 15) is 5.11 Å². The molecule has 5 heteroatoms. The second kappa shape index (κ2) is 12.3. The number of unbranched alkanes of at least 4 members (excludes halogenated alkanes) is 9. The van der Waals surface area contributed by atoms with Crippen LogP contribution in [0.4, 0.5) is 0 Å². The monoisotopic (exact) mass is 423 g/mol. The van der Waals surface area contributed by atoms with Crippen molar-refractivity contribution in [1.29, 1.82) is 0 Å². The maximum absolute atomic E-state index is 10.4. The van der Waals surface area contributed by atoms with Crippen molar-refractivity contribution in [1.82, 2.24) is 15.0 Å². The Kier molecular flexibility index (Phi) is 9.19. The van der Waals surface area contributed by atoms with Gasteiger partial charge in [0.2, 0.25) is 0 Å². The number of aromatic nitrogens is 3. The van der Waals surface area contributed by atoms with E-state index >= 15 is 0 Å². The molecule has 5 nitrogen and oxygen atoms in total. The number of phenols is 1. The first-order valence-electron chi connectivity index (χ1n) is 12.0. The zero-order valence-electron chi connectivity index (χ0n) is 19.1. The predicted octanol–water partition coefficient (Wildman–Crippen LogP) is 6.99. The molecule has 31 heavy (non-hydrogen) atoms. The van der Waals surface area contributed by atoms with Gasteiger partial charge in [-0.2, -0.15) is 0 Å². The molecule has 3 rings (SSSR count). The van der Waals surface area contributed by atoms with Gasteiger partial charge in [-0.25, -0.2) is 0 Å². The van der Waals surface area contributed by atoms with E-state index in [1.165, 1.54) is 74.6 Å². The number of nitrogens with zero attached hydrogens (tertiary/aromatic N) is 3. The van der Waals surface area contributed by atoms with E-state index in [4.69, 9.17) is 4.74 Å². The van der Waals surface area contributed by atoms with E-state index in [-0.39, 0.29) is 5.75 Å². The van der Waals surface area contributed by atoms with Crippen molar-refractivity contribution in [3.63, 3.8) is 0 Å². The fourth-order valence-corrected chi connectivity index (χ4v) is 3.96. The first-order valence-corrected chi connectivity index (χ1v) is 12.0. The molecule has 0 unspecified atom stereocenters. The summed E-state index contributed by atoms with van der Waals surface area (Å²) in [6, 6.07) is 11.4. The van der Waals surface area contributed by atoms with Gasteiger partial charge in [0.1, 0.15) is 28.2 Å². The van der Waals surface area contributed by atoms with E-state index in [2.05, 4.69) is 17.1 Å². The summed E-state index contributed by atoms with van der Waals surface area (Å²) in [4.78, 5) is 1.53. The lowest BCUT2D eigenvalue weighted by molar-refractivity contribution is 0.340. The first-order chi connectivity index (χ1) is 15.2. The van der Waals surface area contributed by atoms with E-state index in [1.54, 1.807) is 6.07 Å². The Morgan fingerprint density at radius 2 is 1.45 bits per heavy atom. The summed E-state index contributed by atoms with van der Waals surface area (Å²) in [7, 11) is 0. The van der Waals surface area contributed by atoms with E-state index < -0.39 is 0 Å². The number of ether oxygens (including phenoxy) is 1. The van der Waals surface area contributed by atoms with Gasteiger partial charge < -0.3 is 9.84 Å². The highest BCUT2D eigenvalue weighted by atomic mass is 16.5. The fraction of sp³-hybridized carbons (Fsp3) is 0.538. The van der Waals surface area contributed by atoms with Crippen LogP contribution in [0.2, 0.25) is 0 Å². The van der Waals surface area contributed by atoms with Crippen LogP contribution < -0.4 is 4.74 Å². The number of benzene rings is 2. The Balaban J connectivity index is 1.51. The molecule has 0 aliphatic heterocycles. The van der Waals surface area contributed by atoms with Gasteiger partial charge in [-0.3, -0.25) is 0 Å². The molecule has 0 saturated heterocycles. The number of hydrogen-bond acceptors (Lipinski definition) is 4. The minimum Gasteiger partial charge on any atom is -0.506 e. The molecule has 0 bridgehead atoms. The molecule has 2 aromatic carbocycles. The molecule has 0 aliphatic rings. The maximum Gasteiger partial charge on any atom is 0.143 e. The van der Waals surface area contributed by atoms with Crippen LogP contribution in [0.1, 0.15) is 83.6 Å². The standard InChI is InChI=1S/C26H37N3O2/c1-3-5-6-7-8-9-10-11-12-13-14-21-15-18-26(30)25(19-21)29-27-23-17-16-22(31-4-2)20-24(23)28-29/h15-20,30H,3-14H2,1-2H3. The number of hydrogen-bond donors (Lipinski definition) is 1. The molecule has 1 heterocycles. The molecular weight excluding hydrogens is 386 g/mol. The highest BCUT2D eigenvalue weighted by Gasteiger charge is 2.11. The SMILES string of the molecule is CCCCCCCCCCCCc1ccc(O)c(-n2nc3ccc(OCC)cc3n2)c1. The summed E-state index contributed by atoms with van der Waals surface area (Å²) >= 11 is 0. The van der Waals surface area contributed by atoms with Crippen molar-refractivity contribution >= 4 is 11.0 Å². The Bertz CT molecular complexity index is 936. The molecule has 0 radical (unpaired) electrons. The molecule has 3 aromatic rings. The second-order valence-electron chi connectivity index (χ2n) is 8.33. The van der Waals surface area contributed by atoms with Crippen molar-refractivity contribution < 1.29 is 9.84 Å². The Morgan fingerprint density at radius 1 is 0.774 bits per heavy atom. The zero-order chi connectivity index (χ0) is 21.9. The maximum atomic E-state index is 10.4. The lowest BCUT2D eigenvalue weighted by atomic mass is 10.0. The van der Waals surface area contributed by atoms with E-state index in [0.717, 1.165) is 23.2 Å². The van der Waals surface area contributed by atoms with Gasteiger partial charge in [-0.1, -0.05) is 70.8 Å². The van der Waals surface area contributed by atoms with Gasteiger partial charge in [-0.05, 0) is 49.6 Å². The van der Waals surface area contributed by atoms with Crippen LogP contribution in [0.5, 0.6) is 11.5 Å². The van der Waals surface area contributed by atoms with E-state index in [1.807, 2.05) is 37.3 Å². The quantitative estimate of drug-likeness (QED) is 0.284. The Morgan fingerprint density at radius 3 is 2.16 bits per heavy atom. The number of aromatic hydroxyl groups is 1. The highest BCUT2D eigenvalue weighted by Crippen LogP contribution is 2.25. The van der Waals surface area contributed by atoms with E-state index in [0.29, 0.717) is 12.3 Å². The van der Waals surface area contributed by atoms with Gasteiger partial charge >= 0.3 is 0 Å². The average Bonchev–Trinajstić information content (AvgIpc) is 3.19. The van der Waals surface area contributed by atoms with Gasteiger partial charge in [0, 0.05) is 6.07 Å². The summed E-state index contributed by atoms with van der Waals surface area (Å²) in [5.74, 6) is 0.971. The molecule has 168 valence electrons. The van der Waals surface area contributed by atoms with Gasteiger partial charge in [0.25, 0.3) is 0 Å². The summed E-state index contributed by atoms with van der Waals surface area (Å²) < 4.78 is 5.55. The number of aryl methyl sites for hydroxylation is 1. The van der Waals surface area contributed by atoms with Crippen molar-refractivity contribution in [2.75, 3.05) is 6.61 Å². The fourth-order valence-electron chi connectivity index (χ4n) is 3.96. The number of rotatable bonds is 14. The van der Waals surface area contributed by atoms with Crippen LogP contribution in [-0.2, 0) is 6.42 Å². The van der Waals surface area contributed by atoms with Crippen LogP contribution in [-0.4, -0.2) is 26.7 Å². The Hall–Kier alpha value is -2.56. The first kappa shape index (κ1) is 23.1. The molecule has 0 atom stereocenters. The van der Waals surface area contributed by atoms with Gasteiger partial charge in [-0.15, -0.1) is 15.0 Å². The topological polar surface area (TPSA) is 60.2 Å². The third-order valence-corrected chi connectivity index (χ3v) is 5.74. The minimum atomic E-state index is 0.192. The van der Waals surface area contributed by atoms with Crippen LogP contribution in [0.25, 0.3) is 16.7 Å². The normalized spacial score (nSPS) is 11.3. The van der Waals surface area contributed by atoms with Crippen LogP contribution in [0, 0.1) is 0 Å². The predicted molar refractivity (Wildman–Crippen MR) is 127 cm³/mol. The van der Waals surface area contributed by atoms with Gasteiger partial charge in [0.05, 0.1) is 6.61 Å². The van der Waals surface area contributed by atoms with Crippen molar-refractivity contribution in [3.8, 4) is 17.2 Å². The molecule has 1 N–H and O–H groups in total. The lowest BCUT2D eigenvalue weighted by Crippen LogP contribution is -2.00. The Labute approximate surface area is 186 Å². The number of phenolic OH excluding ortho intramolecular Hbond substituents is 1.